The summed E-state index contributed by atoms with van der Waals surface area (Å²) in [5.74, 6) is -4.95. The van der Waals surface area contributed by atoms with Gasteiger partial charge in [-0.3, -0.25) is 14.4 Å². The molecule has 0 aliphatic carbocycles. The highest BCUT2D eigenvalue weighted by molar-refractivity contribution is 6.03. The van der Waals surface area contributed by atoms with Gasteiger partial charge in [0.15, 0.2) is 5.78 Å². The van der Waals surface area contributed by atoms with Crippen LogP contribution >= 0.6 is 0 Å². The van der Waals surface area contributed by atoms with Gasteiger partial charge < -0.3 is 4.74 Å². The molecule has 2 rings (SSSR count). The second-order valence-corrected chi connectivity index (χ2v) is 6.11. The monoisotopic (exact) mass is 363 g/mol. The third-order valence-electron chi connectivity index (χ3n) is 4.36. The molecular weight excluding hydrogens is 342 g/mol. The van der Waals surface area contributed by atoms with Crippen molar-refractivity contribution < 1.29 is 19.1 Å². The Morgan fingerprint density at radius 2 is 1.56 bits per heavy atom. The van der Waals surface area contributed by atoms with Gasteiger partial charge in [0.1, 0.15) is 17.6 Å². The van der Waals surface area contributed by atoms with Crippen LogP contribution in [0.25, 0.3) is 0 Å². The Morgan fingerprint density at radius 3 is 2.04 bits per heavy atom. The quantitative estimate of drug-likeness (QED) is 0.407. The fourth-order valence-electron chi connectivity index (χ4n) is 3.13. The van der Waals surface area contributed by atoms with Crippen LogP contribution in [0.3, 0.4) is 0 Å². The van der Waals surface area contributed by atoms with Gasteiger partial charge in [0.05, 0.1) is 12.7 Å². The SMILES string of the molecule is CCOC(=O)C(C(C)=O)C(c1ccccc1)C(C#N)C(=O)c1ccccc1. The summed E-state index contributed by atoms with van der Waals surface area (Å²) in [6, 6.07) is 19.1. The Labute approximate surface area is 158 Å². The molecule has 0 heterocycles. The van der Waals surface area contributed by atoms with E-state index in [9.17, 15) is 19.6 Å². The largest absolute Gasteiger partial charge is 0.465 e. The Morgan fingerprint density at radius 1 is 1.00 bits per heavy atom. The number of rotatable bonds is 8. The minimum Gasteiger partial charge on any atom is -0.465 e. The minimum absolute atomic E-state index is 0.105. The predicted molar refractivity (Wildman–Crippen MR) is 99.9 cm³/mol. The van der Waals surface area contributed by atoms with E-state index in [4.69, 9.17) is 4.74 Å². The number of hydrogen-bond acceptors (Lipinski definition) is 5. The maximum absolute atomic E-state index is 13.0. The van der Waals surface area contributed by atoms with Crippen molar-refractivity contribution in [3.05, 3.63) is 71.8 Å². The number of nitriles is 1. The standard InChI is InChI=1S/C22H21NO4/c1-3-27-22(26)19(15(2)24)20(16-10-6-4-7-11-16)18(14-23)21(25)17-12-8-5-9-13-17/h4-13,18-20H,3H2,1-2H3. The molecular formula is C22H21NO4. The van der Waals surface area contributed by atoms with Gasteiger partial charge in [-0.1, -0.05) is 60.7 Å². The predicted octanol–water partition coefficient (Wildman–Crippen LogP) is 3.56. The lowest BCUT2D eigenvalue weighted by atomic mass is 9.73. The third kappa shape index (κ3) is 4.68. The Bertz CT molecular complexity index is 840. The molecule has 0 spiro atoms. The number of ether oxygens (including phenoxy) is 1. The highest BCUT2D eigenvalue weighted by atomic mass is 16.5. The van der Waals surface area contributed by atoms with Crippen molar-refractivity contribution in [3.8, 4) is 6.07 Å². The number of carbonyl (C=O) groups excluding carboxylic acids is 3. The number of carbonyl (C=O) groups is 3. The van der Waals surface area contributed by atoms with Crippen molar-refractivity contribution in [2.45, 2.75) is 19.8 Å². The first-order valence-electron chi connectivity index (χ1n) is 8.72. The van der Waals surface area contributed by atoms with Gasteiger partial charge >= 0.3 is 5.97 Å². The van der Waals surface area contributed by atoms with Crippen molar-refractivity contribution in [2.75, 3.05) is 6.61 Å². The third-order valence-corrected chi connectivity index (χ3v) is 4.36. The van der Waals surface area contributed by atoms with E-state index in [0.717, 1.165) is 0 Å². The van der Waals surface area contributed by atoms with Gasteiger partial charge in [-0.2, -0.15) is 5.26 Å². The molecule has 5 nitrogen and oxygen atoms in total. The summed E-state index contributed by atoms with van der Waals surface area (Å²) < 4.78 is 5.07. The molecule has 0 aliphatic rings. The highest BCUT2D eigenvalue weighted by Gasteiger charge is 2.42. The van der Waals surface area contributed by atoms with E-state index in [0.29, 0.717) is 11.1 Å². The normalized spacial score (nSPS) is 13.7. The maximum atomic E-state index is 13.0. The summed E-state index contributed by atoms with van der Waals surface area (Å²) in [6.45, 7) is 3.02. The van der Waals surface area contributed by atoms with Crippen molar-refractivity contribution in [1.29, 1.82) is 5.26 Å². The second kappa shape index (κ2) is 9.44. The van der Waals surface area contributed by atoms with Crippen LogP contribution < -0.4 is 0 Å². The molecule has 0 fully saturated rings. The number of esters is 1. The molecule has 27 heavy (non-hydrogen) atoms. The summed E-state index contributed by atoms with van der Waals surface area (Å²) >= 11 is 0. The molecule has 0 bridgehead atoms. The van der Waals surface area contributed by atoms with Gasteiger partial charge in [0, 0.05) is 11.5 Å². The fraction of sp³-hybridized carbons (Fsp3) is 0.273. The molecule has 5 heteroatoms. The topological polar surface area (TPSA) is 84.2 Å². The molecule has 3 unspecified atom stereocenters. The van der Waals surface area contributed by atoms with E-state index >= 15 is 0 Å². The Hall–Kier alpha value is -3.26. The van der Waals surface area contributed by atoms with E-state index in [1.165, 1.54) is 6.92 Å². The lowest BCUT2D eigenvalue weighted by molar-refractivity contribution is -0.152. The molecule has 0 amide bonds. The van der Waals surface area contributed by atoms with Crippen molar-refractivity contribution in [1.82, 2.24) is 0 Å². The van der Waals surface area contributed by atoms with Gasteiger partial charge in [-0.05, 0) is 19.4 Å². The first kappa shape index (κ1) is 20.1. The van der Waals surface area contributed by atoms with E-state index in [1.807, 2.05) is 6.07 Å². The summed E-state index contributed by atoms with van der Waals surface area (Å²) in [4.78, 5) is 37.9. The molecule has 138 valence electrons. The number of Topliss-reactive ketones (excluding diaryl/α,β-unsaturated/α-hetero) is 2. The van der Waals surface area contributed by atoms with Gasteiger partial charge in [-0.15, -0.1) is 0 Å². The molecule has 0 saturated heterocycles. The number of ketones is 2. The van der Waals surface area contributed by atoms with Gasteiger partial charge in [0.25, 0.3) is 0 Å². The van der Waals surface area contributed by atoms with Crippen LogP contribution in [0, 0.1) is 23.2 Å². The fourth-order valence-corrected chi connectivity index (χ4v) is 3.13. The molecule has 0 radical (unpaired) electrons. The lowest BCUT2D eigenvalue weighted by Crippen LogP contribution is -2.36. The van der Waals surface area contributed by atoms with Crippen molar-refractivity contribution >= 4 is 17.5 Å². The first-order valence-corrected chi connectivity index (χ1v) is 8.72. The summed E-state index contributed by atoms with van der Waals surface area (Å²) in [5, 5.41) is 9.80. The molecule has 0 aromatic heterocycles. The van der Waals surface area contributed by atoms with Crippen molar-refractivity contribution in [3.63, 3.8) is 0 Å². The van der Waals surface area contributed by atoms with Crippen LogP contribution in [0.4, 0.5) is 0 Å². The first-order chi connectivity index (χ1) is 13.0. The minimum atomic E-state index is -1.23. The van der Waals surface area contributed by atoms with Gasteiger partial charge in [-0.25, -0.2) is 0 Å². The summed E-state index contributed by atoms with van der Waals surface area (Å²) in [7, 11) is 0. The van der Waals surface area contributed by atoms with Crippen molar-refractivity contribution in [2.24, 2.45) is 11.8 Å². The Balaban J connectivity index is 2.57. The zero-order valence-electron chi connectivity index (χ0n) is 15.3. The van der Waals surface area contributed by atoms with Crippen LogP contribution in [0.2, 0.25) is 0 Å². The lowest BCUT2D eigenvalue weighted by Gasteiger charge is -2.27. The van der Waals surface area contributed by atoms with Crippen LogP contribution in [-0.2, 0) is 14.3 Å². The molecule has 0 aliphatic heterocycles. The molecule has 0 N–H and O–H groups in total. The van der Waals surface area contributed by atoms with Crippen LogP contribution in [-0.4, -0.2) is 24.1 Å². The van der Waals surface area contributed by atoms with Gasteiger partial charge in [0.2, 0.25) is 0 Å². The van der Waals surface area contributed by atoms with E-state index < -0.39 is 35.3 Å². The molecule has 3 atom stereocenters. The van der Waals surface area contributed by atoms with Crippen LogP contribution in [0.5, 0.6) is 0 Å². The smallest absolute Gasteiger partial charge is 0.317 e. The summed E-state index contributed by atoms with van der Waals surface area (Å²) in [5.41, 5.74) is 0.928. The molecule has 2 aromatic carbocycles. The maximum Gasteiger partial charge on any atom is 0.317 e. The summed E-state index contributed by atoms with van der Waals surface area (Å²) in [6.07, 6.45) is 0. The van der Waals surface area contributed by atoms with Crippen LogP contribution in [0.1, 0.15) is 35.7 Å². The second-order valence-electron chi connectivity index (χ2n) is 6.11. The molecule has 2 aromatic rings. The zero-order valence-corrected chi connectivity index (χ0v) is 15.3. The van der Waals surface area contributed by atoms with E-state index in [1.54, 1.807) is 67.6 Å². The van der Waals surface area contributed by atoms with E-state index in [2.05, 4.69) is 0 Å². The van der Waals surface area contributed by atoms with Crippen LogP contribution in [0.15, 0.2) is 60.7 Å². The average molecular weight is 363 g/mol. The number of benzene rings is 2. The number of hydrogen-bond donors (Lipinski definition) is 0. The van der Waals surface area contributed by atoms with E-state index in [-0.39, 0.29) is 6.61 Å². The molecule has 0 saturated carbocycles. The highest BCUT2D eigenvalue weighted by Crippen LogP contribution is 2.35. The number of nitrogens with zero attached hydrogens (tertiary/aromatic N) is 1. The zero-order chi connectivity index (χ0) is 19.8. The average Bonchev–Trinajstić information content (AvgIpc) is 2.68. The Kier molecular flexibility index (Phi) is 7.01.